The predicted molar refractivity (Wildman–Crippen MR) is 274 cm³/mol. The highest BCUT2D eigenvalue weighted by Gasteiger charge is 2.29. The van der Waals surface area contributed by atoms with E-state index in [4.69, 9.17) is 16.7 Å². The number of aromatic nitrogens is 9. The van der Waals surface area contributed by atoms with E-state index in [0.717, 1.165) is 40.7 Å². The Balaban J connectivity index is 0.000000258. The van der Waals surface area contributed by atoms with Crippen molar-refractivity contribution in [2.24, 2.45) is 0 Å². The molecule has 0 bridgehead atoms. The van der Waals surface area contributed by atoms with E-state index in [2.05, 4.69) is 70.1 Å². The van der Waals surface area contributed by atoms with Crippen LogP contribution in [0.1, 0.15) is 37.4 Å². The Bertz CT molecular complexity index is 2720. The lowest BCUT2D eigenvalue weighted by molar-refractivity contribution is -0.154. The molecule has 16 nitrogen and oxygen atoms in total. The van der Waals surface area contributed by atoms with E-state index in [1.54, 1.807) is 90.8 Å². The van der Waals surface area contributed by atoms with Gasteiger partial charge >= 0.3 is 24.1 Å². The van der Waals surface area contributed by atoms with E-state index < -0.39 is 18.8 Å². The molecule has 0 unspecified atom stereocenters. The molecule has 1 N–H and O–H groups in total. The first-order valence-electron chi connectivity index (χ1n) is 20.1. The van der Waals surface area contributed by atoms with Gasteiger partial charge in [-0.05, 0) is 94.0 Å². The summed E-state index contributed by atoms with van der Waals surface area (Å²) >= 11 is 15.2. The molecule has 0 spiro atoms. The molecule has 376 valence electrons. The smallest absolute Gasteiger partial charge is 0.422 e. The Morgan fingerprint density at radius 3 is 1.62 bits per heavy atom. The summed E-state index contributed by atoms with van der Waals surface area (Å²) in [6.07, 6.45) is 22.7. The van der Waals surface area contributed by atoms with E-state index in [1.807, 2.05) is 49.4 Å². The molecule has 0 radical (unpaired) electrons. The lowest BCUT2D eigenvalue weighted by Gasteiger charge is -2.09. The summed E-state index contributed by atoms with van der Waals surface area (Å²) in [7, 11) is 2.69. The van der Waals surface area contributed by atoms with Crippen molar-refractivity contribution in [1.82, 2.24) is 44.7 Å². The van der Waals surface area contributed by atoms with Crippen molar-refractivity contribution in [3.63, 3.8) is 0 Å². The molecular formula is C46H46BrClF3N9O7S4. The van der Waals surface area contributed by atoms with Gasteiger partial charge in [0, 0.05) is 116 Å². The molecule has 0 aromatic carbocycles. The Hall–Kier alpha value is -5.63. The number of carbonyl (C=O) groups is 2. The largest absolute Gasteiger partial charge is 0.465 e. The third-order valence-electron chi connectivity index (χ3n) is 8.34. The molecule has 25 heteroatoms. The molecule has 0 atom stereocenters. The summed E-state index contributed by atoms with van der Waals surface area (Å²) in [5.74, 6) is -0.182. The lowest BCUT2D eigenvalue weighted by Crippen LogP contribution is -2.23. The minimum atomic E-state index is -4.47. The summed E-state index contributed by atoms with van der Waals surface area (Å²) in [4.78, 5) is 65.5. The highest BCUT2D eigenvalue weighted by Crippen LogP contribution is 2.20. The summed E-state index contributed by atoms with van der Waals surface area (Å²) in [5.41, 5.74) is 4.22. The standard InChI is InChI=1S/C17H14F3N5O2S.C8H9NO2S.C7H6BrNO2.C7H8ClNS.C7H9NOS/c1-28-13-4-11(5-21-8-13)9-25-15(26)3-2-14(24-25)12-6-22-16(23-7-12)27-10-17(18,19)20;1-11-8(10)6-3-7(12-2)5-9-4-6;1-11-7(10)5-2-6(8)4-9-3-5;1-10-7-2-6(3-8)4-9-5-7;1-10-7-2-6(5-9)3-8-4-7/h2-8H,9-10H2,1H3;3-5H,1-2H3;2-4H,1H3;2,4-5H,3H2,1H3;2-4,9H,5H2,1H3. The maximum Gasteiger partial charge on any atom is 0.422 e. The van der Waals surface area contributed by atoms with Crippen molar-refractivity contribution in [3.05, 3.63) is 159 Å². The van der Waals surface area contributed by atoms with Gasteiger partial charge in [0.25, 0.3) is 5.56 Å². The van der Waals surface area contributed by atoms with Crippen molar-refractivity contribution >= 4 is 86.5 Å². The average Bonchev–Trinajstić information content (AvgIpc) is 3.41. The van der Waals surface area contributed by atoms with Crippen LogP contribution in [0, 0.1) is 0 Å². The Morgan fingerprint density at radius 2 is 1.13 bits per heavy atom. The van der Waals surface area contributed by atoms with Gasteiger partial charge in [0.05, 0.1) is 44.2 Å². The number of halogens is 5. The van der Waals surface area contributed by atoms with Crippen LogP contribution in [0.2, 0.25) is 0 Å². The first kappa shape index (κ1) is 59.7. The Kier molecular flexibility index (Phi) is 27.2. The van der Waals surface area contributed by atoms with Crippen LogP contribution in [0.15, 0.2) is 146 Å². The van der Waals surface area contributed by atoms with Gasteiger partial charge in [0.2, 0.25) is 0 Å². The highest BCUT2D eigenvalue weighted by atomic mass is 79.9. The molecule has 7 aromatic rings. The number of alkyl halides is 4. The van der Waals surface area contributed by atoms with Crippen LogP contribution in [-0.4, -0.2) is 114 Å². The number of thioether (sulfide) groups is 4. The van der Waals surface area contributed by atoms with Gasteiger partial charge in [-0.15, -0.1) is 58.6 Å². The first-order chi connectivity index (χ1) is 34.1. The van der Waals surface area contributed by atoms with Crippen LogP contribution < -0.4 is 10.3 Å². The number of aliphatic hydroxyl groups excluding tert-OH is 1. The second kappa shape index (κ2) is 32.4. The van der Waals surface area contributed by atoms with Gasteiger partial charge in [-0.1, -0.05) is 0 Å². The second-order valence-electron chi connectivity index (χ2n) is 13.4. The lowest BCUT2D eigenvalue weighted by atomic mass is 10.2. The topological polar surface area (TPSA) is 207 Å². The van der Waals surface area contributed by atoms with Crippen LogP contribution in [0.25, 0.3) is 11.3 Å². The Labute approximate surface area is 437 Å². The number of nitrogens with zero attached hydrogens (tertiary/aromatic N) is 9. The maximum absolute atomic E-state index is 12.2. The fraction of sp³-hybridized carbons (Fsp3) is 0.239. The summed E-state index contributed by atoms with van der Waals surface area (Å²) in [5, 5.41) is 13.0. The summed E-state index contributed by atoms with van der Waals surface area (Å²) < 4.78 is 52.0. The molecule has 0 saturated carbocycles. The quantitative estimate of drug-likeness (QED) is 0.0647. The fourth-order valence-corrected chi connectivity index (χ4v) is 7.16. The number of methoxy groups -OCH3 is 2. The Morgan fingerprint density at radius 1 is 0.662 bits per heavy atom. The monoisotopic (exact) mass is 1140 g/mol. The molecule has 7 rings (SSSR count). The number of esters is 2. The SMILES string of the molecule is COC(=O)c1cncc(Br)c1.COC(=O)c1cncc(SC)c1.CSc1cncc(CCl)c1.CSc1cncc(CO)c1.CSc1cncc(Cn2nc(-c3cnc(OCC(F)(F)F)nc3)ccc2=O)c1. The molecule has 0 fully saturated rings. The molecule has 71 heavy (non-hydrogen) atoms. The van der Waals surface area contributed by atoms with Gasteiger partial charge in [-0.3, -0.25) is 29.7 Å². The number of aliphatic hydroxyl groups is 1. The zero-order chi connectivity index (χ0) is 52.2. The van der Waals surface area contributed by atoms with Crippen molar-refractivity contribution < 1.29 is 42.1 Å². The van der Waals surface area contributed by atoms with Gasteiger partial charge < -0.3 is 19.3 Å². The number of rotatable bonds is 13. The average molecular weight is 1140 g/mol. The third kappa shape index (κ3) is 22.6. The predicted octanol–water partition coefficient (Wildman–Crippen LogP) is 9.87. The van der Waals surface area contributed by atoms with E-state index >= 15 is 0 Å². The highest BCUT2D eigenvalue weighted by molar-refractivity contribution is 9.10. The summed E-state index contributed by atoms with van der Waals surface area (Å²) in [6.45, 7) is -1.18. The van der Waals surface area contributed by atoms with Crippen molar-refractivity contribution in [2.75, 3.05) is 45.8 Å². The summed E-state index contributed by atoms with van der Waals surface area (Å²) in [6, 6.07) is 11.7. The van der Waals surface area contributed by atoms with Crippen LogP contribution in [0.4, 0.5) is 13.2 Å². The maximum atomic E-state index is 12.2. The van der Waals surface area contributed by atoms with E-state index in [0.29, 0.717) is 28.3 Å². The number of carbonyl (C=O) groups excluding carboxylic acids is 2. The second-order valence-corrected chi connectivity index (χ2v) is 18.1. The molecule has 0 aliphatic heterocycles. The van der Waals surface area contributed by atoms with Gasteiger partial charge in [-0.25, -0.2) is 24.2 Å². The molecule has 0 saturated heterocycles. The zero-order valence-electron chi connectivity index (χ0n) is 38.7. The van der Waals surface area contributed by atoms with Crippen molar-refractivity contribution in [3.8, 4) is 17.3 Å². The molecule has 0 aliphatic carbocycles. The molecule has 0 amide bonds. The van der Waals surface area contributed by atoms with Crippen molar-refractivity contribution in [1.29, 1.82) is 0 Å². The van der Waals surface area contributed by atoms with Crippen LogP contribution in [-0.2, 0) is 28.5 Å². The normalized spacial score (nSPS) is 10.3. The van der Waals surface area contributed by atoms with Crippen LogP contribution in [0.5, 0.6) is 6.01 Å². The number of hydrogen-bond donors (Lipinski definition) is 1. The van der Waals surface area contributed by atoms with E-state index in [-0.39, 0.29) is 30.6 Å². The molecule has 7 aromatic heterocycles. The van der Waals surface area contributed by atoms with Gasteiger partial charge in [0.1, 0.15) is 0 Å². The third-order valence-corrected chi connectivity index (χ3v) is 11.9. The van der Waals surface area contributed by atoms with Crippen molar-refractivity contribution in [2.45, 2.75) is 44.8 Å². The minimum Gasteiger partial charge on any atom is -0.465 e. The number of ether oxygens (including phenoxy) is 3. The van der Waals surface area contributed by atoms with Crippen LogP contribution in [0.3, 0.4) is 0 Å². The van der Waals surface area contributed by atoms with Gasteiger partial charge in [0.15, 0.2) is 6.61 Å². The fourth-order valence-electron chi connectivity index (χ4n) is 4.93. The van der Waals surface area contributed by atoms with E-state index in [1.165, 1.54) is 67.6 Å². The molecular weight excluding hydrogens is 1090 g/mol. The first-order valence-corrected chi connectivity index (χ1v) is 26.3. The van der Waals surface area contributed by atoms with Crippen LogP contribution >= 0.6 is 74.6 Å². The number of pyridine rings is 5. The zero-order valence-corrected chi connectivity index (χ0v) is 44.4. The molecule has 7 heterocycles. The number of hydrogen-bond acceptors (Lipinski definition) is 19. The van der Waals surface area contributed by atoms with E-state index in [9.17, 15) is 27.6 Å². The van der Waals surface area contributed by atoms with Gasteiger partial charge in [-0.2, -0.15) is 18.3 Å². The molecule has 0 aliphatic rings. The minimum absolute atomic E-state index is 0.0708.